The maximum absolute atomic E-state index is 12.0. The molecule has 2 aromatic rings. The van der Waals surface area contributed by atoms with Gasteiger partial charge in [-0.05, 0) is 31.5 Å². The molecular formula is C19H20N4O4. The maximum atomic E-state index is 12.0. The highest BCUT2D eigenvalue weighted by Gasteiger charge is 2.11. The summed E-state index contributed by atoms with van der Waals surface area (Å²) >= 11 is 0. The molecule has 2 amide bonds. The second-order valence-electron chi connectivity index (χ2n) is 5.98. The Labute approximate surface area is 156 Å². The Balaban J connectivity index is 1.82. The third kappa shape index (κ3) is 6.03. The molecule has 0 heterocycles. The Morgan fingerprint density at radius 3 is 2.52 bits per heavy atom. The van der Waals surface area contributed by atoms with E-state index in [1.165, 1.54) is 18.3 Å². The second-order valence-corrected chi connectivity index (χ2v) is 5.98. The van der Waals surface area contributed by atoms with Crippen molar-refractivity contribution in [2.24, 2.45) is 5.10 Å². The van der Waals surface area contributed by atoms with E-state index >= 15 is 0 Å². The first-order chi connectivity index (χ1) is 12.9. The highest BCUT2D eigenvalue weighted by Crippen LogP contribution is 2.16. The Kier molecular flexibility index (Phi) is 6.76. The van der Waals surface area contributed by atoms with Crippen LogP contribution in [0.1, 0.15) is 29.5 Å². The SMILES string of the molecule is Cc1ccc(NC(=O)CCC(=O)N/N=C/c2ccccc2[N+](=O)[O-])c(C)c1. The van der Waals surface area contributed by atoms with Crippen LogP contribution in [0.2, 0.25) is 0 Å². The van der Waals surface area contributed by atoms with Crippen molar-refractivity contribution in [2.75, 3.05) is 5.32 Å². The number of rotatable bonds is 7. The smallest absolute Gasteiger partial charge is 0.278 e. The fourth-order valence-electron chi connectivity index (χ4n) is 2.39. The van der Waals surface area contributed by atoms with Crippen molar-refractivity contribution < 1.29 is 14.5 Å². The van der Waals surface area contributed by atoms with Crippen LogP contribution < -0.4 is 10.7 Å². The molecule has 0 aliphatic carbocycles. The van der Waals surface area contributed by atoms with E-state index in [-0.39, 0.29) is 30.0 Å². The summed E-state index contributed by atoms with van der Waals surface area (Å²) < 4.78 is 0. The summed E-state index contributed by atoms with van der Waals surface area (Å²) in [6.07, 6.45) is 1.15. The standard InChI is InChI=1S/C19H20N4O4/c1-13-7-8-16(14(2)11-13)21-18(24)9-10-19(25)22-20-12-15-5-3-4-6-17(15)23(26)27/h3-8,11-12H,9-10H2,1-2H3,(H,21,24)(H,22,25)/b20-12+. The van der Waals surface area contributed by atoms with Crippen LogP contribution in [0, 0.1) is 24.0 Å². The van der Waals surface area contributed by atoms with E-state index in [0.29, 0.717) is 5.69 Å². The molecule has 0 saturated carbocycles. The first kappa shape index (κ1) is 19.8. The van der Waals surface area contributed by atoms with E-state index in [2.05, 4.69) is 15.8 Å². The number of amides is 2. The molecule has 0 aliphatic rings. The van der Waals surface area contributed by atoms with Gasteiger partial charge in [0.25, 0.3) is 5.69 Å². The van der Waals surface area contributed by atoms with Crippen LogP contribution in [0.15, 0.2) is 47.6 Å². The topological polar surface area (TPSA) is 114 Å². The number of nitrogens with one attached hydrogen (secondary N) is 2. The summed E-state index contributed by atoms with van der Waals surface area (Å²) in [5.74, 6) is -0.736. The van der Waals surface area contributed by atoms with Crippen molar-refractivity contribution in [2.45, 2.75) is 26.7 Å². The third-order valence-corrected chi connectivity index (χ3v) is 3.76. The van der Waals surface area contributed by atoms with Gasteiger partial charge in [0.1, 0.15) is 0 Å². The van der Waals surface area contributed by atoms with Crippen molar-refractivity contribution in [3.05, 3.63) is 69.3 Å². The fraction of sp³-hybridized carbons (Fsp3) is 0.211. The molecule has 2 N–H and O–H groups in total. The molecular weight excluding hydrogens is 348 g/mol. The van der Waals surface area contributed by atoms with Gasteiger partial charge in [0, 0.05) is 24.6 Å². The van der Waals surface area contributed by atoms with Crippen molar-refractivity contribution in [3.63, 3.8) is 0 Å². The van der Waals surface area contributed by atoms with Crippen molar-refractivity contribution in [1.82, 2.24) is 5.43 Å². The summed E-state index contributed by atoms with van der Waals surface area (Å²) in [5.41, 5.74) is 5.18. The van der Waals surface area contributed by atoms with Gasteiger partial charge in [-0.25, -0.2) is 5.43 Å². The van der Waals surface area contributed by atoms with Crippen LogP contribution in [0.3, 0.4) is 0 Å². The van der Waals surface area contributed by atoms with Gasteiger partial charge in [-0.1, -0.05) is 29.8 Å². The normalized spacial score (nSPS) is 10.6. The van der Waals surface area contributed by atoms with Crippen LogP contribution in [-0.4, -0.2) is 23.0 Å². The van der Waals surface area contributed by atoms with Crippen molar-refractivity contribution in [1.29, 1.82) is 0 Å². The van der Waals surface area contributed by atoms with E-state index < -0.39 is 10.8 Å². The largest absolute Gasteiger partial charge is 0.326 e. The fourth-order valence-corrected chi connectivity index (χ4v) is 2.39. The molecule has 0 unspecified atom stereocenters. The lowest BCUT2D eigenvalue weighted by Gasteiger charge is -2.08. The highest BCUT2D eigenvalue weighted by molar-refractivity contribution is 5.94. The Bertz CT molecular complexity index is 893. The van der Waals surface area contributed by atoms with E-state index in [4.69, 9.17) is 0 Å². The van der Waals surface area contributed by atoms with E-state index in [1.54, 1.807) is 12.1 Å². The van der Waals surface area contributed by atoms with Gasteiger partial charge in [-0.2, -0.15) is 5.10 Å². The average Bonchev–Trinajstić information content (AvgIpc) is 2.62. The second kappa shape index (κ2) is 9.23. The Hall–Kier alpha value is -3.55. The molecule has 0 aromatic heterocycles. The number of benzene rings is 2. The number of nitrogens with zero attached hydrogens (tertiary/aromatic N) is 2. The van der Waals surface area contributed by atoms with Gasteiger partial charge in [-0.3, -0.25) is 19.7 Å². The van der Waals surface area contributed by atoms with Gasteiger partial charge in [-0.15, -0.1) is 0 Å². The van der Waals surface area contributed by atoms with Gasteiger partial charge in [0.15, 0.2) is 0 Å². The molecule has 0 radical (unpaired) electrons. The predicted octanol–water partition coefficient (Wildman–Crippen LogP) is 3.08. The van der Waals surface area contributed by atoms with Crippen LogP contribution in [0.5, 0.6) is 0 Å². The van der Waals surface area contributed by atoms with Crippen LogP contribution in [0.25, 0.3) is 0 Å². The van der Waals surface area contributed by atoms with Gasteiger partial charge in [0.05, 0.1) is 16.7 Å². The predicted molar refractivity (Wildman–Crippen MR) is 103 cm³/mol. The number of aryl methyl sites for hydroxylation is 2. The summed E-state index contributed by atoms with van der Waals surface area (Å²) in [6, 6.07) is 11.7. The van der Waals surface area contributed by atoms with Crippen molar-refractivity contribution in [3.8, 4) is 0 Å². The lowest BCUT2D eigenvalue weighted by atomic mass is 10.1. The number of carbonyl (C=O) groups is 2. The molecule has 0 bridgehead atoms. The summed E-state index contributed by atoms with van der Waals surface area (Å²) in [7, 11) is 0. The Morgan fingerprint density at radius 2 is 1.81 bits per heavy atom. The molecule has 8 heteroatoms. The van der Waals surface area contributed by atoms with Gasteiger partial charge >= 0.3 is 0 Å². The molecule has 0 saturated heterocycles. The van der Waals surface area contributed by atoms with Crippen molar-refractivity contribution >= 4 is 29.4 Å². The number of anilines is 1. The van der Waals surface area contributed by atoms with Crippen LogP contribution in [0.4, 0.5) is 11.4 Å². The zero-order valence-corrected chi connectivity index (χ0v) is 15.1. The van der Waals surface area contributed by atoms with E-state index in [9.17, 15) is 19.7 Å². The van der Waals surface area contributed by atoms with Crippen LogP contribution >= 0.6 is 0 Å². The third-order valence-electron chi connectivity index (χ3n) is 3.76. The maximum Gasteiger partial charge on any atom is 0.278 e. The van der Waals surface area contributed by atoms with Crippen LogP contribution in [-0.2, 0) is 9.59 Å². The Morgan fingerprint density at radius 1 is 1.11 bits per heavy atom. The van der Waals surface area contributed by atoms with E-state index in [1.807, 2.05) is 32.0 Å². The minimum atomic E-state index is -0.527. The molecule has 0 fully saturated rings. The quantitative estimate of drug-likeness (QED) is 0.444. The molecule has 140 valence electrons. The molecule has 8 nitrogen and oxygen atoms in total. The first-order valence-electron chi connectivity index (χ1n) is 8.29. The lowest BCUT2D eigenvalue weighted by Crippen LogP contribution is -2.21. The van der Waals surface area contributed by atoms with E-state index in [0.717, 1.165) is 11.1 Å². The summed E-state index contributed by atoms with van der Waals surface area (Å²) in [5, 5.41) is 17.4. The minimum Gasteiger partial charge on any atom is -0.326 e. The number of hydrazone groups is 1. The number of nitro groups is 1. The average molecular weight is 368 g/mol. The number of para-hydroxylation sites is 1. The molecule has 0 aliphatic heterocycles. The molecule has 0 spiro atoms. The zero-order valence-electron chi connectivity index (χ0n) is 15.1. The summed E-state index contributed by atoms with van der Waals surface area (Å²) in [6.45, 7) is 3.86. The molecule has 0 atom stereocenters. The number of nitro benzene ring substituents is 1. The molecule has 2 rings (SSSR count). The lowest BCUT2D eigenvalue weighted by molar-refractivity contribution is -0.385. The minimum absolute atomic E-state index is 0.000153. The number of hydrogen-bond acceptors (Lipinski definition) is 5. The highest BCUT2D eigenvalue weighted by atomic mass is 16.6. The molecule has 27 heavy (non-hydrogen) atoms. The van der Waals surface area contributed by atoms with Gasteiger partial charge < -0.3 is 5.32 Å². The number of carbonyl (C=O) groups excluding carboxylic acids is 2. The van der Waals surface area contributed by atoms with Gasteiger partial charge in [0.2, 0.25) is 11.8 Å². The monoisotopic (exact) mass is 368 g/mol. The zero-order chi connectivity index (χ0) is 19.8. The number of hydrogen-bond donors (Lipinski definition) is 2. The molecule has 2 aromatic carbocycles. The first-order valence-corrected chi connectivity index (χ1v) is 8.29. The summed E-state index contributed by atoms with van der Waals surface area (Å²) in [4.78, 5) is 34.1.